The van der Waals surface area contributed by atoms with E-state index >= 15 is 0 Å². The molecule has 0 spiro atoms. The summed E-state index contributed by atoms with van der Waals surface area (Å²) < 4.78 is 17.5. The zero-order valence-electron chi connectivity index (χ0n) is 16.6. The number of benzene rings is 3. The summed E-state index contributed by atoms with van der Waals surface area (Å²) in [4.78, 5) is 0. The lowest BCUT2D eigenvalue weighted by Crippen LogP contribution is -2.16. The molecule has 0 amide bonds. The van der Waals surface area contributed by atoms with Crippen molar-refractivity contribution in [2.45, 2.75) is 32.1 Å². The Hall–Kier alpha value is -2.98. The van der Waals surface area contributed by atoms with Crippen molar-refractivity contribution in [1.29, 1.82) is 0 Å². The molecule has 4 nitrogen and oxygen atoms in total. The number of anilines is 1. The first-order valence-corrected chi connectivity index (χ1v) is 10.2. The van der Waals surface area contributed by atoms with E-state index in [0.717, 1.165) is 48.7 Å². The fourth-order valence-electron chi connectivity index (χ4n) is 3.34. The van der Waals surface area contributed by atoms with Gasteiger partial charge in [0.1, 0.15) is 24.7 Å². The first-order chi connectivity index (χ1) is 14.4. The summed E-state index contributed by atoms with van der Waals surface area (Å²) in [6, 6.07) is 26.4. The molecule has 4 heteroatoms. The first-order valence-electron chi connectivity index (χ1n) is 10.2. The van der Waals surface area contributed by atoms with Crippen molar-refractivity contribution in [2.24, 2.45) is 0 Å². The summed E-state index contributed by atoms with van der Waals surface area (Å²) in [5, 5.41) is 3.48. The Morgan fingerprint density at radius 1 is 0.828 bits per heavy atom. The molecule has 150 valence electrons. The van der Waals surface area contributed by atoms with Crippen molar-refractivity contribution in [2.75, 3.05) is 18.5 Å². The van der Waals surface area contributed by atoms with E-state index in [1.807, 2.05) is 54.6 Å². The van der Waals surface area contributed by atoms with Crippen LogP contribution >= 0.6 is 0 Å². The van der Waals surface area contributed by atoms with Crippen molar-refractivity contribution in [3.05, 3.63) is 90.0 Å². The third-order valence-corrected chi connectivity index (χ3v) is 4.99. The number of para-hydroxylation sites is 2. The zero-order chi connectivity index (χ0) is 19.7. The lowest BCUT2D eigenvalue weighted by Gasteiger charge is -2.14. The quantitative estimate of drug-likeness (QED) is 0.529. The van der Waals surface area contributed by atoms with Crippen LogP contribution < -0.4 is 14.8 Å². The Balaban J connectivity index is 1.29. The molecule has 3 aromatic rings. The van der Waals surface area contributed by atoms with E-state index in [4.69, 9.17) is 14.2 Å². The van der Waals surface area contributed by atoms with Gasteiger partial charge < -0.3 is 19.5 Å². The fourth-order valence-corrected chi connectivity index (χ4v) is 3.34. The predicted octanol–water partition coefficient (Wildman–Crippen LogP) is 5.44. The van der Waals surface area contributed by atoms with Crippen LogP contribution in [0.5, 0.6) is 11.5 Å². The van der Waals surface area contributed by atoms with E-state index < -0.39 is 0 Å². The van der Waals surface area contributed by atoms with Gasteiger partial charge in [-0.05, 0) is 48.2 Å². The lowest BCUT2D eigenvalue weighted by atomic mass is 10.2. The van der Waals surface area contributed by atoms with Crippen molar-refractivity contribution in [1.82, 2.24) is 0 Å². The van der Waals surface area contributed by atoms with Crippen LogP contribution in [0.1, 0.15) is 24.0 Å². The maximum Gasteiger partial charge on any atom is 0.142 e. The summed E-state index contributed by atoms with van der Waals surface area (Å²) in [7, 11) is 0. The number of nitrogens with one attached hydrogen (secondary N) is 1. The summed E-state index contributed by atoms with van der Waals surface area (Å²) in [5.41, 5.74) is 3.33. The smallest absolute Gasteiger partial charge is 0.142 e. The maximum absolute atomic E-state index is 6.02. The molecule has 0 radical (unpaired) electrons. The van der Waals surface area contributed by atoms with Crippen molar-refractivity contribution < 1.29 is 14.2 Å². The van der Waals surface area contributed by atoms with Gasteiger partial charge in [-0.25, -0.2) is 0 Å². The Morgan fingerprint density at radius 3 is 2.41 bits per heavy atom. The van der Waals surface area contributed by atoms with Gasteiger partial charge in [-0.2, -0.15) is 0 Å². The van der Waals surface area contributed by atoms with E-state index in [0.29, 0.717) is 13.2 Å². The van der Waals surface area contributed by atoms with E-state index in [1.54, 1.807) is 0 Å². The Labute approximate surface area is 172 Å². The van der Waals surface area contributed by atoms with Gasteiger partial charge in [-0.3, -0.25) is 0 Å². The van der Waals surface area contributed by atoms with Gasteiger partial charge in [0.05, 0.1) is 11.8 Å². The maximum atomic E-state index is 6.02. The minimum atomic E-state index is 0.240. The number of rotatable bonds is 9. The van der Waals surface area contributed by atoms with Crippen LogP contribution in [-0.2, 0) is 17.9 Å². The van der Waals surface area contributed by atoms with Crippen molar-refractivity contribution in [3.8, 4) is 11.5 Å². The second kappa shape index (κ2) is 9.99. The summed E-state index contributed by atoms with van der Waals surface area (Å²) >= 11 is 0. The summed E-state index contributed by atoms with van der Waals surface area (Å²) in [6.45, 7) is 2.76. The van der Waals surface area contributed by atoms with Gasteiger partial charge in [0.2, 0.25) is 0 Å². The van der Waals surface area contributed by atoms with Crippen LogP contribution in [0.25, 0.3) is 0 Å². The van der Waals surface area contributed by atoms with E-state index in [-0.39, 0.29) is 6.10 Å². The minimum absolute atomic E-state index is 0.240. The highest BCUT2D eigenvalue weighted by molar-refractivity contribution is 5.56. The van der Waals surface area contributed by atoms with Crippen molar-refractivity contribution in [3.63, 3.8) is 0 Å². The normalized spacial score (nSPS) is 15.8. The van der Waals surface area contributed by atoms with Crippen LogP contribution in [0.4, 0.5) is 5.69 Å². The molecule has 4 rings (SSSR count). The molecule has 1 fully saturated rings. The highest BCUT2D eigenvalue weighted by Gasteiger charge is 2.15. The molecule has 1 saturated heterocycles. The number of hydrogen-bond donors (Lipinski definition) is 1. The Kier molecular flexibility index (Phi) is 6.66. The monoisotopic (exact) mass is 389 g/mol. The van der Waals surface area contributed by atoms with Crippen LogP contribution in [0.3, 0.4) is 0 Å². The fraction of sp³-hybridized carbons (Fsp3) is 0.280. The molecular formula is C25H27NO3. The van der Waals surface area contributed by atoms with Gasteiger partial charge in [-0.1, -0.05) is 54.6 Å². The van der Waals surface area contributed by atoms with Crippen molar-refractivity contribution >= 4 is 5.69 Å². The van der Waals surface area contributed by atoms with Gasteiger partial charge in [0.15, 0.2) is 0 Å². The number of ether oxygens (including phenoxy) is 3. The second-order valence-corrected chi connectivity index (χ2v) is 7.21. The van der Waals surface area contributed by atoms with E-state index in [9.17, 15) is 0 Å². The molecule has 1 atom stereocenters. The largest absolute Gasteiger partial charge is 0.491 e. The van der Waals surface area contributed by atoms with Crippen LogP contribution in [0, 0.1) is 0 Å². The van der Waals surface area contributed by atoms with Crippen LogP contribution in [-0.4, -0.2) is 19.3 Å². The molecule has 1 heterocycles. The molecule has 29 heavy (non-hydrogen) atoms. The molecule has 1 N–H and O–H groups in total. The average molecular weight is 389 g/mol. The van der Waals surface area contributed by atoms with Crippen LogP contribution in [0.15, 0.2) is 78.9 Å². The topological polar surface area (TPSA) is 39.7 Å². The Bertz CT molecular complexity index is 874. The van der Waals surface area contributed by atoms with E-state index in [2.05, 4.69) is 29.6 Å². The van der Waals surface area contributed by atoms with E-state index in [1.165, 1.54) is 5.56 Å². The third kappa shape index (κ3) is 5.75. The molecule has 1 aliphatic heterocycles. The SMILES string of the molecule is c1ccc(COc2ccccc2NCc2ccc(OCC3CCCO3)cc2)cc1. The second-order valence-electron chi connectivity index (χ2n) is 7.21. The Morgan fingerprint density at radius 2 is 1.62 bits per heavy atom. The highest BCUT2D eigenvalue weighted by Crippen LogP contribution is 2.25. The standard InChI is InChI=1S/C25H27NO3/c1-2-7-21(8-3-1)18-29-25-11-5-4-10-24(25)26-17-20-12-14-22(15-13-20)28-19-23-9-6-16-27-23/h1-5,7-8,10-15,23,26H,6,9,16-19H2. The third-order valence-electron chi connectivity index (χ3n) is 4.99. The minimum Gasteiger partial charge on any atom is -0.491 e. The molecular weight excluding hydrogens is 362 g/mol. The van der Waals surface area contributed by atoms with Gasteiger partial charge in [0.25, 0.3) is 0 Å². The zero-order valence-corrected chi connectivity index (χ0v) is 16.6. The highest BCUT2D eigenvalue weighted by atomic mass is 16.5. The number of hydrogen-bond acceptors (Lipinski definition) is 4. The van der Waals surface area contributed by atoms with Crippen LogP contribution in [0.2, 0.25) is 0 Å². The van der Waals surface area contributed by atoms with Gasteiger partial charge in [-0.15, -0.1) is 0 Å². The molecule has 1 aliphatic rings. The molecule has 3 aromatic carbocycles. The molecule has 0 bridgehead atoms. The summed E-state index contributed by atoms with van der Waals surface area (Å²) in [6.07, 6.45) is 2.46. The predicted molar refractivity (Wildman–Crippen MR) is 115 cm³/mol. The van der Waals surface area contributed by atoms with Gasteiger partial charge >= 0.3 is 0 Å². The first kappa shape index (κ1) is 19.3. The average Bonchev–Trinajstić information content (AvgIpc) is 3.30. The molecule has 0 aliphatic carbocycles. The molecule has 0 aromatic heterocycles. The molecule has 0 saturated carbocycles. The molecule has 1 unspecified atom stereocenters. The summed E-state index contributed by atoms with van der Waals surface area (Å²) in [5.74, 6) is 1.74. The lowest BCUT2D eigenvalue weighted by molar-refractivity contribution is 0.0679. The van der Waals surface area contributed by atoms with Gasteiger partial charge in [0, 0.05) is 13.2 Å².